The molecule has 1 saturated carbocycles. The first kappa shape index (κ1) is 22.8. The van der Waals surface area contributed by atoms with Gasteiger partial charge in [-0.1, -0.05) is 32.4 Å². The van der Waals surface area contributed by atoms with Gasteiger partial charge in [0, 0.05) is 0 Å². The second kappa shape index (κ2) is 8.88. The summed E-state index contributed by atoms with van der Waals surface area (Å²) < 4.78 is 38.5. The van der Waals surface area contributed by atoms with Crippen LogP contribution < -0.4 is 0 Å². The summed E-state index contributed by atoms with van der Waals surface area (Å²) in [4.78, 5) is 36.2. The van der Waals surface area contributed by atoms with E-state index in [4.69, 9.17) is 14.6 Å². The van der Waals surface area contributed by atoms with Crippen LogP contribution in [0.3, 0.4) is 0 Å². The van der Waals surface area contributed by atoms with Crippen molar-refractivity contribution in [2.75, 3.05) is 0 Å². The average molecular weight is 412 g/mol. The molecular weight excluding hydrogens is 386 g/mol. The molecule has 29 heavy (non-hydrogen) atoms. The van der Waals surface area contributed by atoms with Crippen molar-refractivity contribution in [2.24, 2.45) is 5.92 Å². The Labute approximate surface area is 168 Å². The van der Waals surface area contributed by atoms with Crippen molar-refractivity contribution in [2.45, 2.75) is 70.5 Å². The van der Waals surface area contributed by atoms with Crippen LogP contribution in [0.2, 0.25) is 0 Å². The van der Waals surface area contributed by atoms with Gasteiger partial charge in [0.1, 0.15) is 5.60 Å². The van der Waals surface area contributed by atoms with E-state index in [0.29, 0.717) is 12.8 Å². The molecule has 0 spiro atoms. The Kier molecular flexibility index (Phi) is 6.97. The second-order valence-corrected chi connectivity index (χ2v) is 7.94. The number of benzene rings is 1. The second-order valence-electron chi connectivity index (χ2n) is 7.94. The number of halogens is 2. The summed E-state index contributed by atoms with van der Waals surface area (Å²) in [6.07, 6.45) is 2.12. The number of rotatable bonds is 7. The normalized spacial score (nSPS) is 17.4. The Morgan fingerprint density at radius 1 is 1.03 bits per heavy atom. The van der Waals surface area contributed by atoms with Gasteiger partial charge in [0.05, 0.1) is 11.1 Å². The number of carboxylic acids is 1. The van der Waals surface area contributed by atoms with E-state index in [2.05, 4.69) is 0 Å². The van der Waals surface area contributed by atoms with Crippen LogP contribution in [0.5, 0.6) is 0 Å². The minimum atomic E-state index is -4.27. The summed E-state index contributed by atoms with van der Waals surface area (Å²) in [6.45, 7) is 4.46. The van der Waals surface area contributed by atoms with Gasteiger partial charge in [-0.05, 0) is 50.7 Å². The van der Waals surface area contributed by atoms with E-state index in [9.17, 15) is 23.2 Å². The van der Waals surface area contributed by atoms with Crippen molar-refractivity contribution in [1.29, 1.82) is 0 Å². The van der Waals surface area contributed by atoms with Crippen molar-refractivity contribution >= 4 is 17.9 Å². The van der Waals surface area contributed by atoms with E-state index in [1.54, 1.807) is 0 Å². The molecule has 1 aliphatic rings. The zero-order valence-electron chi connectivity index (χ0n) is 16.7. The first-order chi connectivity index (χ1) is 13.5. The zero-order chi connectivity index (χ0) is 21.8. The molecule has 0 aliphatic heterocycles. The number of ether oxygens (including phenoxy) is 2. The van der Waals surface area contributed by atoms with Crippen LogP contribution in [-0.4, -0.2) is 40.6 Å². The van der Waals surface area contributed by atoms with Crippen LogP contribution in [-0.2, 0) is 14.3 Å². The summed E-state index contributed by atoms with van der Waals surface area (Å²) in [7, 11) is 0. The maximum absolute atomic E-state index is 14.0. The van der Waals surface area contributed by atoms with Gasteiger partial charge in [-0.3, -0.25) is 0 Å². The highest BCUT2D eigenvalue weighted by atomic mass is 19.3. The molecule has 160 valence electrons. The molecule has 2 rings (SSSR count). The molecule has 0 bridgehead atoms. The maximum Gasteiger partial charge on any atom is 0.378 e. The summed E-state index contributed by atoms with van der Waals surface area (Å²) in [5.74, 6) is -9.57. The van der Waals surface area contributed by atoms with Crippen LogP contribution in [0, 0.1) is 5.92 Å². The van der Waals surface area contributed by atoms with E-state index >= 15 is 0 Å². The third kappa shape index (κ3) is 5.31. The van der Waals surface area contributed by atoms with Crippen molar-refractivity contribution in [3.05, 3.63) is 35.4 Å². The highest BCUT2D eigenvalue weighted by Crippen LogP contribution is 2.33. The first-order valence-electron chi connectivity index (χ1n) is 9.62. The van der Waals surface area contributed by atoms with Crippen LogP contribution in [0.15, 0.2) is 24.3 Å². The zero-order valence-corrected chi connectivity index (χ0v) is 16.7. The Balaban J connectivity index is 2.25. The molecule has 0 aromatic heterocycles. The largest absolute Gasteiger partial charge is 0.477 e. The minimum Gasteiger partial charge on any atom is -0.477 e. The average Bonchev–Trinajstić information content (AvgIpc) is 2.65. The Hall–Kier alpha value is -2.51. The quantitative estimate of drug-likeness (QED) is 0.665. The van der Waals surface area contributed by atoms with Gasteiger partial charge in [0.2, 0.25) is 0 Å². The molecule has 0 heterocycles. The fraction of sp³-hybridized carbons (Fsp3) is 0.571. The molecule has 1 aliphatic carbocycles. The molecule has 1 atom stereocenters. The number of carbonyl (C=O) groups is 3. The fourth-order valence-corrected chi connectivity index (χ4v) is 3.45. The molecule has 1 unspecified atom stereocenters. The molecule has 1 N–H and O–H groups in total. The number of alkyl halides is 2. The standard InChI is InChI=1S/C21H26F2O6/c1-13(2)16(21(22,23)19(26)27)28-17(24)14-9-5-6-10-15(14)18(25)29-20(3)11-7-4-8-12-20/h5-6,9-10,13,16H,4,7-8,11-12H2,1-3H3,(H,26,27). The van der Waals surface area contributed by atoms with Crippen molar-refractivity contribution < 1.29 is 37.7 Å². The first-order valence-corrected chi connectivity index (χ1v) is 9.62. The lowest BCUT2D eigenvalue weighted by Gasteiger charge is -2.33. The van der Waals surface area contributed by atoms with Crippen LogP contribution >= 0.6 is 0 Å². The van der Waals surface area contributed by atoms with Crippen molar-refractivity contribution in [3.8, 4) is 0 Å². The van der Waals surface area contributed by atoms with Gasteiger partial charge in [0.25, 0.3) is 0 Å². The van der Waals surface area contributed by atoms with Crippen molar-refractivity contribution in [1.82, 2.24) is 0 Å². The van der Waals surface area contributed by atoms with Gasteiger partial charge in [-0.2, -0.15) is 8.78 Å². The van der Waals surface area contributed by atoms with Gasteiger partial charge in [-0.15, -0.1) is 0 Å². The lowest BCUT2D eigenvalue weighted by molar-refractivity contribution is -0.187. The number of hydrogen-bond donors (Lipinski definition) is 1. The van der Waals surface area contributed by atoms with E-state index in [1.807, 2.05) is 6.92 Å². The summed E-state index contributed by atoms with van der Waals surface area (Å²) in [6, 6.07) is 5.58. The molecule has 1 fully saturated rings. The lowest BCUT2D eigenvalue weighted by Crippen LogP contribution is -2.47. The number of hydrogen-bond acceptors (Lipinski definition) is 5. The molecule has 6 nitrogen and oxygen atoms in total. The summed E-state index contributed by atoms with van der Waals surface area (Å²) >= 11 is 0. The highest BCUT2D eigenvalue weighted by Gasteiger charge is 2.52. The predicted molar refractivity (Wildman–Crippen MR) is 100.0 cm³/mol. The molecular formula is C21H26F2O6. The topological polar surface area (TPSA) is 89.9 Å². The minimum absolute atomic E-state index is 0.106. The monoisotopic (exact) mass is 412 g/mol. The lowest BCUT2D eigenvalue weighted by atomic mass is 9.86. The summed E-state index contributed by atoms with van der Waals surface area (Å²) in [5, 5.41) is 8.78. The van der Waals surface area contributed by atoms with Gasteiger partial charge in [0.15, 0.2) is 6.10 Å². The number of aliphatic carboxylic acids is 1. The highest BCUT2D eigenvalue weighted by molar-refractivity contribution is 6.03. The molecule has 8 heteroatoms. The Morgan fingerprint density at radius 2 is 1.55 bits per heavy atom. The van der Waals surface area contributed by atoms with Crippen LogP contribution in [0.4, 0.5) is 8.78 Å². The van der Waals surface area contributed by atoms with Crippen molar-refractivity contribution in [3.63, 3.8) is 0 Å². The van der Waals surface area contributed by atoms with E-state index in [0.717, 1.165) is 19.3 Å². The van der Waals surface area contributed by atoms with E-state index in [-0.39, 0.29) is 11.1 Å². The summed E-state index contributed by atoms with van der Waals surface area (Å²) in [5.41, 5.74) is -1.00. The maximum atomic E-state index is 14.0. The van der Waals surface area contributed by atoms with Gasteiger partial charge < -0.3 is 14.6 Å². The third-order valence-corrected chi connectivity index (χ3v) is 5.10. The smallest absolute Gasteiger partial charge is 0.378 e. The van der Waals surface area contributed by atoms with Crippen LogP contribution in [0.25, 0.3) is 0 Å². The molecule has 1 aromatic rings. The number of carboxylic acid groups (broad SMARTS) is 1. The SMILES string of the molecule is CC(C)C(OC(=O)c1ccccc1C(=O)OC1(C)CCCCC1)C(F)(F)C(=O)O. The van der Waals surface area contributed by atoms with Gasteiger partial charge in [-0.25, -0.2) is 14.4 Å². The molecule has 0 saturated heterocycles. The Bertz CT molecular complexity index is 768. The van der Waals surface area contributed by atoms with E-state index < -0.39 is 41.5 Å². The number of esters is 2. The third-order valence-electron chi connectivity index (χ3n) is 5.10. The Morgan fingerprint density at radius 3 is 2.03 bits per heavy atom. The fourth-order valence-electron chi connectivity index (χ4n) is 3.45. The van der Waals surface area contributed by atoms with E-state index in [1.165, 1.54) is 38.1 Å². The predicted octanol–water partition coefficient (Wildman–Crippen LogP) is 4.47. The molecule has 1 aromatic carbocycles. The molecule has 0 radical (unpaired) electrons. The molecule has 0 amide bonds. The van der Waals surface area contributed by atoms with Crippen LogP contribution in [0.1, 0.15) is 73.6 Å². The van der Waals surface area contributed by atoms with Gasteiger partial charge >= 0.3 is 23.8 Å². The number of carbonyl (C=O) groups excluding carboxylic acids is 2.